The number of rotatable bonds is 6. The molecule has 1 N–H and O–H groups in total. The van der Waals surface area contributed by atoms with Gasteiger partial charge in [0, 0.05) is 36.9 Å². The highest BCUT2D eigenvalue weighted by Crippen LogP contribution is 2.29. The lowest BCUT2D eigenvalue weighted by Gasteiger charge is -2.28. The first-order chi connectivity index (χ1) is 12.1. The number of urea groups is 1. The highest BCUT2D eigenvalue weighted by molar-refractivity contribution is 5.75. The van der Waals surface area contributed by atoms with Gasteiger partial charge in [-0.1, -0.05) is 0 Å². The number of oxazole rings is 1. The Morgan fingerprint density at radius 2 is 2.32 bits per heavy atom. The predicted octanol–water partition coefficient (Wildman–Crippen LogP) is 2.05. The molecule has 136 valence electrons. The van der Waals surface area contributed by atoms with Crippen LogP contribution in [0.5, 0.6) is 0 Å². The monoisotopic (exact) mass is 347 g/mol. The van der Waals surface area contributed by atoms with E-state index in [9.17, 15) is 4.79 Å². The Balaban J connectivity index is 1.87. The van der Waals surface area contributed by atoms with Gasteiger partial charge < -0.3 is 19.4 Å². The minimum atomic E-state index is -0.0474. The van der Waals surface area contributed by atoms with Gasteiger partial charge in [0.25, 0.3) is 0 Å². The lowest BCUT2D eigenvalue weighted by molar-refractivity contribution is 0.135. The zero-order chi connectivity index (χ0) is 17.8. The largest absolute Gasteiger partial charge is 0.451 e. The van der Waals surface area contributed by atoms with Gasteiger partial charge in [0.2, 0.25) is 0 Å². The standard InChI is InChI=1S/C17H25N5O3/c1-4-24-8-7-22-15-5-6-21(17(23)19-12(2)3)9-13(15)16(20-22)14-10-25-11-18-14/h10-12H,4-9H2,1-3H3,(H,19,23). The van der Waals surface area contributed by atoms with Gasteiger partial charge in [-0.2, -0.15) is 5.10 Å². The fourth-order valence-electron chi connectivity index (χ4n) is 3.02. The molecule has 1 aliphatic heterocycles. The molecule has 0 fully saturated rings. The average molecular weight is 347 g/mol. The quantitative estimate of drug-likeness (QED) is 0.808. The number of amides is 2. The summed E-state index contributed by atoms with van der Waals surface area (Å²) in [7, 11) is 0. The van der Waals surface area contributed by atoms with E-state index in [4.69, 9.17) is 14.3 Å². The van der Waals surface area contributed by atoms with Crippen molar-refractivity contribution in [3.63, 3.8) is 0 Å². The van der Waals surface area contributed by atoms with E-state index < -0.39 is 0 Å². The third kappa shape index (κ3) is 3.84. The second-order valence-corrected chi connectivity index (χ2v) is 6.34. The van der Waals surface area contributed by atoms with Crippen LogP contribution in [0.2, 0.25) is 0 Å². The van der Waals surface area contributed by atoms with Crippen LogP contribution in [0.1, 0.15) is 32.0 Å². The highest BCUT2D eigenvalue weighted by Gasteiger charge is 2.28. The number of carbonyl (C=O) groups is 1. The smallest absolute Gasteiger partial charge is 0.317 e. The molecule has 0 aliphatic carbocycles. The summed E-state index contributed by atoms with van der Waals surface area (Å²) < 4.78 is 12.6. The second-order valence-electron chi connectivity index (χ2n) is 6.34. The zero-order valence-electron chi connectivity index (χ0n) is 15.0. The van der Waals surface area contributed by atoms with E-state index in [2.05, 4.69) is 10.3 Å². The number of hydrogen-bond acceptors (Lipinski definition) is 5. The molecule has 3 heterocycles. The molecule has 0 bridgehead atoms. The third-order valence-electron chi connectivity index (χ3n) is 4.16. The second kappa shape index (κ2) is 7.69. The van der Waals surface area contributed by atoms with Crippen LogP contribution in [-0.4, -0.2) is 51.5 Å². The zero-order valence-corrected chi connectivity index (χ0v) is 15.0. The maximum atomic E-state index is 12.4. The van der Waals surface area contributed by atoms with Crippen LogP contribution in [0.4, 0.5) is 4.79 Å². The molecule has 25 heavy (non-hydrogen) atoms. The molecule has 0 saturated heterocycles. The lowest BCUT2D eigenvalue weighted by Crippen LogP contribution is -2.45. The number of aromatic nitrogens is 3. The first-order valence-electron chi connectivity index (χ1n) is 8.70. The summed E-state index contributed by atoms with van der Waals surface area (Å²) in [5, 5.41) is 7.67. The molecule has 8 nitrogen and oxygen atoms in total. The van der Waals surface area contributed by atoms with E-state index in [-0.39, 0.29) is 12.1 Å². The van der Waals surface area contributed by atoms with Crippen molar-refractivity contribution < 1.29 is 13.9 Å². The van der Waals surface area contributed by atoms with Crippen LogP contribution in [0.25, 0.3) is 11.4 Å². The van der Waals surface area contributed by atoms with Crippen molar-refractivity contribution >= 4 is 6.03 Å². The Hall–Kier alpha value is -2.35. The summed E-state index contributed by atoms with van der Waals surface area (Å²) in [6.45, 7) is 9.06. The van der Waals surface area contributed by atoms with E-state index in [0.717, 1.165) is 23.4 Å². The van der Waals surface area contributed by atoms with Gasteiger partial charge in [-0.05, 0) is 20.8 Å². The Morgan fingerprint density at radius 3 is 3.00 bits per heavy atom. The van der Waals surface area contributed by atoms with Crippen LogP contribution in [0, 0.1) is 0 Å². The Morgan fingerprint density at radius 1 is 1.48 bits per heavy atom. The fourth-order valence-corrected chi connectivity index (χ4v) is 3.02. The van der Waals surface area contributed by atoms with Crippen molar-refractivity contribution in [2.75, 3.05) is 19.8 Å². The van der Waals surface area contributed by atoms with Gasteiger partial charge in [0.1, 0.15) is 17.7 Å². The predicted molar refractivity (Wildman–Crippen MR) is 92.0 cm³/mol. The fraction of sp³-hybridized carbons (Fsp3) is 0.588. The molecule has 0 saturated carbocycles. The van der Waals surface area contributed by atoms with Gasteiger partial charge >= 0.3 is 6.03 Å². The Labute approximate surface area is 147 Å². The van der Waals surface area contributed by atoms with Crippen molar-refractivity contribution in [3.05, 3.63) is 23.9 Å². The molecule has 2 aromatic rings. The van der Waals surface area contributed by atoms with Crippen LogP contribution >= 0.6 is 0 Å². The topological polar surface area (TPSA) is 85.4 Å². The molecule has 2 aromatic heterocycles. The summed E-state index contributed by atoms with van der Waals surface area (Å²) in [5.41, 5.74) is 3.65. The summed E-state index contributed by atoms with van der Waals surface area (Å²) in [6.07, 6.45) is 3.74. The molecule has 0 unspecified atom stereocenters. The van der Waals surface area contributed by atoms with Crippen molar-refractivity contribution in [1.82, 2.24) is 25.0 Å². The number of nitrogens with one attached hydrogen (secondary N) is 1. The molecule has 0 spiro atoms. The van der Waals surface area contributed by atoms with Gasteiger partial charge in [-0.15, -0.1) is 0 Å². The molecular formula is C17H25N5O3. The number of nitrogens with zero attached hydrogens (tertiary/aromatic N) is 4. The summed E-state index contributed by atoms with van der Waals surface area (Å²) >= 11 is 0. The first-order valence-corrected chi connectivity index (χ1v) is 8.70. The third-order valence-corrected chi connectivity index (χ3v) is 4.16. The lowest BCUT2D eigenvalue weighted by atomic mass is 10.0. The van der Waals surface area contributed by atoms with E-state index in [1.165, 1.54) is 6.39 Å². The number of hydrogen-bond donors (Lipinski definition) is 1. The Bertz CT molecular complexity index is 708. The molecule has 2 amide bonds. The average Bonchev–Trinajstić information content (AvgIpc) is 3.22. The van der Waals surface area contributed by atoms with Crippen LogP contribution in [0.15, 0.2) is 17.1 Å². The number of fused-ring (bicyclic) bond motifs is 1. The summed E-state index contributed by atoms with van der Waals surface area (Å²) in [4.78, 5) is 18.4. The maximum Gasteiger partial charge on any atom is 0.317 e. The Kier molecular flexibility index (Phi) is 5.37. The maximum absolute atomic E-state index is 12.4. The van der Waals surface area contributed by atoms with E-state index in [1.54, 1.807) is 6.26 Å². The van der Waals surface area contributed by atoms with Crippen molar-refractivity contribution in [1.29, 1.82) is 0 Å². The normalized spacial score (nSPS) is 14.0. The molecule has 0 atom stereocenters. The minimum Gasteiger partial charge on any atom is -0.451 e. The molecule has 8 heteroatoms. The van der Waals surface area contributed by atoms with Crippen molar-refractivity contribution in [3.8, 4) is 11.4 Å². The van der Waals surface area contributed by atoms with E-state index in [1.807, 2.05) is 30.4 Å². The number of carbonyl (C=O) groups excluding carboxylic acids is 1. The molecule has 0 radical (unpaired) electrons. The van der Waals surface area contributed by atoms with Gasteiger partial charge in [0.15, 0.2) is 6.39 Å². The SMILES string of the molecule is CCOCCn1nc(-c2cocn2)c2c1CCN(C(=O)NC(C)C)C2. The molecular weight excluding hydrogens is 322 g/mol. The summed E-state index contributed by atoms with van der Waals surface area (Å²) in [6, 6.07) is 0.0617. The van der Waals surface area contributed by atoms with Crippen LogP contribution in [0.3, 0.4) is 0 Å². The highest BCUT2D eigenvalue weighted by atomic mass is 16.5. The number of ether oxygens (including phenoxy) is 1. The van der Waals surface area contributed by atoms with E-state index >= 15 is 0 Å². The van der Waals surface area contributed by atoms with E-state index in [0.29, 0.717) is 38.5 Å². The van der Waals surface area contributed by atoms with Crippen molar-refractivity contribution in [2.24, 2.45) is 0 Å². The first kappa shape index (κ1) is 17.5. The molecule has 3 rings (SSSR count). The summed E-state index contributed by atoms with van der Waals surface area (Å²) in [5.74, 6) is 0. The van der Waals surface area contributed by atoms with Crippen LogP contribution in [-0.2, 0) is 24.2 Å². The van der Waals surface area contributed by atoms with Gasteiger partial charge in [-0.3, -0.25) is 4.68 Å². The van der Waals surface area contributed by atoms with Crippen LogP contribution < -0.4 is 5.32 Å². The molecule has 1 aliphatic rings. The van der Waals surface area contributed by atoms with Gasteiger partial charge in [0.05, 0.1) is 19.7 Å². The molecule has 0 aromatic carbocycles. The van der Waals surface area contributed by atoms with Crippen molar-refractivity contribution in [2.45, 2.75) is 46.3 Å². The van der Waals surface area contributed by atoms with Gasteiger partial charge in [-0.25, -0.2) is 9.78 Å². The minimum absolute atomic E-state index is 0.0474.